The van der Waals surface area contributed by atoms with Crippen LogP contribution in [0.1, 0.15) is 37.5 Å². The highest BCUT2D eigenvalue weighted by molar-refractivity contribution is 14.1. The number of imidazole rings is 1. The molecule has 0 amide bonds. The lowest BCUT2D eigenvalue weighted by atomic mass is 9.87. The van der Waals surface area contributed by atoms with Gasteiger partial charge in [-0.1, -0.05) is 73.7 Å². The average Bonchev–Trinajstić information content (AvgIpc) is 3.18. The number of hydrogen-bond donors (Lipinski definition) is 1. The fourth-order valence-electron chi connectivity index (χ4n) is 3.74. The molecular formula is C27H27F3IN3O. The number of alkyl halides is 4. The molecule has 8 heteroatoms. The summed E-state index contributed by atoms with van der Waals surface area (Å²) < 4.78 is 45.2. The van der Waals surface area contributed by atoms with Crippen LogP contribution in [0.5, 0.6) is 5.75 Å². The van der Waals surface area contributed by atoms with E-state index in [1.807, 2.05) is 10.6 Å². The molecule has 4 rings (SSSR count). The quantitative estimate of drug-likeness (QED) is 0.176. The van der Waals surface area contributed by atoms with Crippen LogP contribution in [0.15, 0.2) is 66.7 Å². The molecule has 1 aromatic heterocycles. The second-order valence-corrected chi connectivity index (χ2v) is 10.2. The smallest absolute Gasteiger partial charge is 0.422 e. The van der Waals surface area contributed by atoms with Crippen LogP contribution in [0.4, 0.5) is 19.1 Å². The Labute approximate surface area is 216 Å². The summed E-state index contributed by atoms with van der Waals surface area (Å²) in [6.07, 6.45) is -4.38. The zero-order chi connectivity index (χ0) is 25.2. The second-order valence-electron chi connectivity index (χ2n) is 9.43. The van der Waals surface area contributed by atoms with Gasteiger partial charge in [0.1, 0.15) is 5.75 Å². The Balaban J connectivity index is 1.64. The summed E-state index contributed by atoms with van der Waals surface area (Å²) in [4.78, 5) is 4.80. The lowest BCUT2D eigenvalue weighted by Crippen LogP contribution is -2.19. The molecule has 0 aliphatic carbocycles. The summed E-state index contributed by atoms with van der Waals surface area (Å²) in [5.74, 6) is 0.825. The van der Waals surface area contributed by atoms with E-state index in [1.54, 1.807) is 24.3 Å². The van der Waals surface area contributed by atoms with Crippen molar-refractivity contribution in [2.24, 2.45) is 0 Å². The Bertz CT molecular complexity index is 1290. The molecular weight excluding hydrogens is 566 g/mol. The number of ether oxygens (including phenoxy) is 1. The molecule has 35 heavy (non-hydrogen) atoms. The van der Waals surface area contributed by atoms with Crippen LogP contribution < -0.4 is 10.1 Å². The Morgan fingerprint density at radius 2 is 1.57 bits per heavy atom. The van der Waals surface area contributed by atoms with Gasteiger partial charge in [0.2, 0.25) is 5.95 Å². The van der Waals surface area contributed by atoms with Gasteiger partial charge in [0.05, 0.1) is 11.0 Å². The molecule has 0 saturated carbocycles. The predicted octanol–water partition coefficient (Wildman–Crippen LogP) is 7.81. The molecule has 0 fully saturated rings. The van der Waals surface area contributed by atoms with Crippen molar-refractivity contribution in [2.45, 2.75) is 43.3 Å². The van der Waals surface area contributed by atoms with Crippen LogP contribution in [0.2, 0.25) is 0 Å². The van der Waals surface area contributed by atoms with E-state index in [9.17, 15) is 13.2 Å². The first-order valence-corrected chi connectivity index (χ1v) is 12.8. The number of benzene rings is 3. The monoisotopic (exact) mass is 593 g/mol. The summed E-state index contributed by atoms with van der Waals surface area (Å²) >= 11 is 2.32. The molecule has 1 N–H and O–H groups in total. The van der Waals surface area contributed by atoms with Crippen molar-refractivity contribution in [3.8, 4) is 11.4 Å². The van der Waals surface area contributed by atoms with E-state index in [0.29, 0.717) is 12.5 Å². The number of hydrogen-bond acceptors (Lipinski definition) is 3. The largest absolute Gasteiger partial charge is 0.484 e. The zero-order valence-corrected chi connectivity index (χ0v) is 21.9. The maximum Gasteiger partial charge on any atom is 0.422 e. The molecule has 4 aromatic rings. The number of anilines is 1. The number of nitrogens with one attached hydrogen (secondary N) is 1. The molecule has 4 nitrogen and oxygen atoms in total. The van der Waals surface area contributed by atoms with E-state index in [1.165, 1.54) is 5.56 Å². The highest BCUT2D eigenvalue weighted by atomic mass is 127. The Hall–Kier alpha value is -2.75. The lowest BCUT2D eigenvalue weighted by Gasteiger charge is -2.19. The number of aromatic nitrogens is 2. The van der Waals surface area contributed by atoms with Gasteiger partial charge < -0.3 is 10.1 Å². The minimum absolute atomic E-state index is 0.0896. The van der Waals surface area contributed by atoms with Crippen molar-refractivity contribution < 1.29 is 17.9 Å². The average molecular weight is 593 g/mol. The Morgan fingerprint density at radius 1 is 0.914 bits per heavy atom. The van der Waals surface area contributed by atoms with E-state index >= 15 is 0 Å². The molecule has 0 saturated heterocycles. The highest BCUT2D eigenvalue weighted by Gasteiger charge is 2.28. The highest BCUT2D eigenvalue weighted by Crippen LogP contribution is 2.29. The minimum atomic E-state index is -4.38. The molecule has 0 unspecified atom stereocenters. The fraction of sp³-hybridized carbons (Fsp3) is 0.296. The first kappa shape index (κ1) is 25.3. The van der Waals surface area contributed by atoms with E-state index in [4.69, 9.17) is 9.72 Å². The number of rotatable bonds is 7. The van der Waals surface area contributed by atoms with Gasteiger partial charge in [-0.15, -0.1) is 0 Å². The standard InChI is InChI=1S/C27H27F3IN3O/c1-26(2,3)20-7-4-18(5-8-20)16-32-25-33-23-13-6-19(15-31)14-24(23)34(25)21-9-11-22(12-10-21)35-17-27(28,29)30/h4-14H,15-17H2,1-3H3,(H,32,33). The maximum absolute atomic E-state index is 12.5. The molecule has 0 spiro atoms. The molecule has 1 heterocycles. The van der Waals surface area contributed by atoms with Gasteiger partial charge in [0, 0.05) is 16.7 Å². The number of halogens is 4. The van der Waals surface area contributed by atoms with Crippen LogP contribution in [0.3, 0.4) is 0 Å². The van der Waals surface area contributed by atoms with E-state index in [2.05, 4.69) is 85.1 Å². The van der Waals surface area contributed by atoms with Gasteiger partial charge in [0.25, 0.3) is 0 Å². The lowest BCUT2D eigenvalue weighted by molar-refractivity contribution is -0.153. The molecule has 0 aliphatic heterocycles. The Kier molecular flexibility index (Phi) is 7.30. The molecule has 0 radical (unpaired) electrons. The first-order chi connectivity index (χ1) is 16.5. The van der Waals surface area contributed by atoms with Crippen LogP contribution in [-0.2, 0) is 16.4 Å². The second kappa shape index (κ2) is 10.1. The third-order valence-electron chi connectivity index (χ3n) is 5.64. The van der Waals surface area contributed by atoms with Gasteiger partial charge in [-0.2, -0.15) is 13.2 Å². The summed E-state index contributed by atoms with van der Waals surface area (Å²) in [5, 5.41) is 3.44. The van der Waals surface area contributed by atoms with E-state index in [-0.39, 0.29) is 11.2 Å². The maximum atomic E-state index is 12.5. The molecule has 0 atom stereocenters. The van der Waals surface area contributed by atoms with Gasteiger partial charge in [0.15, 0.2) is 6.61 Å². The normalized spacial score (nSPS) is 12.2. The summed E-state index contributed by atoms with van der Waals surface area (Å²) in [6, 6.07) is 21.2. The van der Waals surface area contributed by atoms with Crippen molar-refractivity contribution in [1.82, 2.24) is 9.55 Å². The SMILES string of the molecule is CC(C)(C)c1ccc(CNc2nc3ccc(CI)cc3n2-c2ccc(OCC(F)(F)F)cc2)cc1. The van der Waals surface area contributed by atoms with Crippen LogP contribution >= 0.6 is 22.6 Å². The third-order valence-corrected chi connectivity index (χ3v) is 6.52. The van der Waals surface area contributed by atoms with Gasteiger partial charge in [-0.3, -0.25) is 4.57 Å². The predicted molar refractivity (Wildman–Crippen MR) is 143 cm³/mol. The van der Waals surface area contributed by atoms with Gasteiger partial charge >= 0.3 is 6.18 Å². The topological polar surface area (TPSA) is 39.1 Å². The van der Waals surface area contributed by atoms with Crippen LogP contribution in [-0.4, -0.2) is 22.3 Å². The van der Waals surface area contributed by atoms with Crippen molar-refractivity contribution in [1.29, 1.82) is 0 Å². The Morgan fingerprint density at radius 3 is 2.17 bits per heavy atom. The number of nitrogens with zero attached hydrogens (tertiary/aromatic N) is 2. The van der Waals surface area contributed by atoms with Crippen molar-refractivity contribution in [3.63, 3.8) is 0 Å². The molecule has 184 valence electrons. The first-order valence-electron chi connectivity index (χ1n) is 11.2. The van der Waals surface area contributed by atoms with Crippen molar-refractivity contribution >= 4 is 39.6 Å². The summed E-state index contributed by atoms with van der Waals surface area (Å²) in [6.45, 7) is 5.82. The molecule has 3 aromatic carbocycles. The number of fused-ring (bicyclic) bond motifs is 1. The van der Waals surface area contributed by atoms with E-state index < -0.39 is 12.8 Å². The zero-order valence-electron chi connectivity index (χ0n) is 19.8. The molecule has 0 aliphatic rings. The van der Waals surface area contributed by atoms with Crippen molar-refractivity contribution in [3.05, 3.63) is 83.4 Å². The minimum Gasteiger partial charge on any atom is -0.484 e. The summed E-state index contributed by atoms with van der Waals surface area (Å²) in [7, 11) is 0. The van der Waals surface area contributed by atoms with Crippen LogP contribution in [0.25, 0.3) is 16.7 Å². The van der Waals surface area contributed by atoms with E-state index in [0.717, 1.165) is 32.3 Å². The fourth-order valence-corrected chi connectivity index (χ4v) is 4.22. The van der Waals surface area contributed by atoms with Gasteiger partial charge in [-0.25, -0.2) is 4.98 Å². The molecule has 0 bridgehead atoms. The third kappa shape index (κ3) is 6.28. The van der Waals surface area contributed by atoms with Gasteiger partial charge in [-0.05, 0) is 58.5 Å². The van der Waals surface area contributed by atoms with Crippen molar-refractivity contribution in [2.75, 3.05) is 11.9 Å². The summed E-state index contributed by atoms with van der Waals surface area (Å²) in [5.41, 5.74) is 6.19. The van der Waals surface area contributed by atoms with Crippen LogP contribution in [0, 0.1) is 0 Å².